The fraction of sp³-hybridized carbons (Fsp3) is 0.333. The van der Waals surface area contributed by atoms with Crippen LogP contribution in [0.2, 0.25) is 0 Å². The van der Waals surface area contributed by atoms with Crippen LogP contribution in [-0.4, -0.2) is 4.37 Å². The molecule has 0 unspecified atom stereocenters. The number of hydrogen-bond donors (Lipinski definition) is 0. The summed E-state index contributed by atoms with van der Waals surface area (Å²) in [5, 5.41) is 10.2. The van der Waals surface area contributed by atoms with Crippen molar-refractivity contribution in [1.82, 2.24) is 4.37 Å². The zero-order chi connectivity index (χ0) is 11.1. The normalized spacial score (nSPS) is 11.6. The number of aryl methyl sites for hydroxylation is 1. The third-order valence-corrected chi connectivity index (χ3v) is 3.32. The van der Waals surface area contributed by atoms with Crippen LogP contribution in [0.15, 0.2) is 18.2 Å². The van der Waals surface area contributed by atoms with Gasteiger partial charge in [0.1, 0.15) is 0 Å². The van der Waals surface area contributed by atoms with Gasteiger partial charge < -0.3 is 0 Å². The molecule has 0 spiro atoms. The zero-order valence-corrected chi connectivity index (χ0v) is 9.85. The zero-order valence-electron chi connectivity index (χ0n) is 9.03. The Hall–Kier alpha value is -1.40. The molecular weight excluding hydrogens is 204 g/mol. The van der Waals surface area contributed by atoms with Crippen LogP contribution >= 0.6 is 11.5 Å². The van der Waals surface area contributed by atoms with E-state index >= 15 is 0 Å². The SMILES string of the molecule is Cc1ccc2snc(C(C)(C)C#N)c2c1. The van der Waals surface area contributed by atoms with Gasteiger partial charge in [-0.05, 0) is 44.4 Å². The van der Waals surface area contributed by atoms with Crippen LogP contribution in [0.5, 0.6) is 0 Å². The van der Waals surface area contributed by atoms with Gasteiger partial charge in [0.15, 0.2) is 0 Å². The van der Waals surface area contributed by atoms with Crippen molar-refractivity contribution in [2.24, 2.45) is 0 Å². The Labute approximate surface area is 93.3 Å². The number of rotatable bonds is 1. The molecule has 0 aliphatic rings. The van der Waals surface area contributed by atoms with Crippen molar-refractivity contribution in [3.63, 3.8) is 0 Å². The molecule has 2 nitrogen and oxygen atoms in total. The van der Waals surface area contributed by atoms with Crippen LogP contribution in [0.25, 0.3) is 10.1 Å². The molecule has 0 aliphatic carbocycles. The lowest BCUT2D eigenvalue weighted by Gasteiger charge is -2.12. The summed E-state index contributed by atoms with van der Waals surface area (Å²) in [6, 6.07) is 8.55. The van der Waals surface area contributed by atoms with Crippen molar-refractivity contribution in [2.45, 2.75) is 26.2 Å². The number of aromatic nitrogens is 1. The molecule has 1 aromatic carbocycles. The second-order valence-electron chi connectivity index (χ2n) is 4.27. The molecule has 0 saturated heterocycles. The second kappa shape index (κ2) is 3.32. The first kappa shape index (κ1) is 10.1. The van der Waals surface area contributed by atoms with Crippen molar-refractivity contribution < 1.29 is 0 Å². The van der Waals surface area contributed by atoms with Crippen molar-refractivity contribution in [3.8, 4) is 6.07 Å². The Bertz CT molecular complexity index is 546. The first-order valence-corrected chi connectivity index (χ1v) is 5.60. The molecule has 0 aliphatic heterocycles. The average molecular weight is 216 g/mol. The molecule has 2 rings (SSSR count). The Balaban J connectivity index is 2.74. The van der Waals surface area contributed by atoms with Crippen LogP contribution in [0.1, 0.15) is 25.1 Å². The van der Waals surface area contributed by atoms with Crippen LogP contribution < -0.4 is 0 Å². The van der Waals surface area contributed by atoms with E-state index in [1.807, 2.05) is 13.8 Å². The summed E-state index contributed by atoms with van der Waals surface area (Å²) < 4.78 is 5.55. The molecule has 0 saturated carbocycles. The van der Waals surface area contributed by atoms with Gasteiger partial charge in [-0.25, -0.2) is 0 Å². The lowest BCUT2D eigenvalue weighted by Crippen LogP contribution is -2.14. The van der Waals surface area contributed by atoms with Gasteiger partial charge in [0.05, 0.1) is 21.9 Å². The Morgan fingerprint density at radius 3 is 2.80 bits per heavy atom. The highest BCUT2D eigenvalue weighted by atomic mass is 32.1. The van der Waals surface area contributed by atoms with E-state index in [2.05, 4.69) is 35.6 Å². The first-order chi connectivity index (χ1) is 7.04. The van der Waals surface area contributed by atoms with E-state index < -0.39 is 5.41 Å². The fourth-order valence-electron chi connectivity index (χ4n) is 1.56. The van der Waals surface area contributed by atoms with Gasteiger partial charge in [0, 0.05) is 5.39 Å². The van der Waals surface area contributed by atoms with E-state index in [1.54, 1.807) is 0 Å². The molecule has 0 atom stereocenters. The van der Waals surface area contributed by atoms with E-state index in [0.717, 1.165) is 15.8 Å². The summed E-state index contributed by atoms with van der Waals surface area (Å²) in [6.07, 6.45) is 0. The molecule has 0 fully saturated rings. The standard InChI is InChI=1S/C12H12N2S/c1-8-4-5-10-9(6-8)11(14-15-10)12(2,3)7-13/h4-6H,1-3H3. The minimum absolute atomic E-state index is 0.508. The first-order valence-electron chi connectivity index (χ1n) is 4.82. The van der Waals surface area contributed by atoms with Gasteiger partial charge in [-0.2, -0.15) is 9.64 Å². The van der Waals surface area contributed by atoms with Crippen molar-refractivity contribution in [3.05, 3.63) is 29.5 Å². The maximum atomic E-state index is 9.11. The third kappa shape index (κ3) is 1.62. The van der Waals surface area contributed by atoms with Gasteiger partial charge in [-0.15, -0.1) is 0 Å². The minimum atomic E-state index is -0.508. The van der Waals surface area contributed by atoms with E-state index in [9.17, 15) is 0 Å². The maximum absolute atomic E-state index is 9.11. The van der Waals surface area contributed by atoms with Gasteiger partial charge in [-0.3, -0.25) is 0 Å². The highest BCUT2D eigenvalue weighted by molar-refractivity contribution is 7.13. The number of nitrogens with zero attached hydrogens (tertiary/aromatic N) is 2. The van der Waals surface area contributed by atoms with Crippen molar-refractivity contribution in [2.75, 3.05) is 0 Å². The quantitative estimate of drug-likeness (QED) is 0.732. The predicted molar refractivity (Wildman–Crippen MR) is 63.0 cm³/mol. The number of fused-ring (bicyclic) bond motifs is 1. The van der Waals surface area contributed by atoms with Gasteiger partial charge >= 0.3 is 0 Å². The molecule has 0 radical (unpaired) electrons. The van der Waals surface area contributed by atoms with Crippen molar-refractivity contribution in [1.29, 1.82) is 5.26 Å². The molecule has 76 valence electrons. The largest absolute Gasteiger partial charge is 0.197 e. The lowest BCUT2D eigenvalue weighted by molar-refractivity contribution is 0.676. The molecule has 2 aromatic rings. The molecule has 0 N–H and O–H groups in total. The third-order valence-electron chi connectivity index (χ3n) is 2.50. The predicted octanol–water partition coefficient (Wildman–Crippen LogP) is 3.41. The molecule has 15 heavy (non-hydrogen) atoms. The Kier molecular flexibility index (Phi) is 2.24. The summed E-state index contributed by atoms with van der Waals surface area (Å²) >= 11 is 1.46. The van der Waals surface area contributed by atoms with E-state index in [0.29, 0.717) is 0 Å². The average Bonchev–Trinajstić information content (AvgIpc) is 2.61. The van der Waals surface area contributed by atoms with Crippen molar-refractivity contribution >= 4 is 21.6 Å². The molecule has 0 bridgehead atoms. The van der Waals surface area contributed by atoms with Crippen LogP contribution in [-0.2, 0) is 5.41 Å². The number of hydrogen-bond acceptors (Lipinski definition) is 3. The summed E-state index contributed by atoms with van der Waals surface area (Å²) in [5.74, 6) is 0. The highest BCUT2D eigenvalue weighted by Gasteiger charge is 2.25. The second-order valence-corrected chi connectivity index (χ2v) is 5.07. The fourth-order valence-corrected chi connectivity index (χ4v) is 2.46. The van der Waals surface area contributed by atoms with E-state index in [1.165, 1.54) is 17.1 Å². The van der Waals surface area contributed by atoms with E-state index in [4.69, 9.17) is 5.26 Å². The minimum Gasteiger partial charge on any atom is -0.197 e. The highest BCUT2D eigenvalue weighted by Crippen LogP contribution is 2.32. The number of nitriles is 1. The molecule has 0 amide bonds. The lowest BCUT2D eigenvalue weighted by atomic mass is 9.89. The summed E-state index contributed by atoms with van der Waals surface area (Å²) in [5.41, 5.74) is 1.60. The topological polar surface area (TPSA) is 36.7 Å². The Morgan fingerprint density at radius 2 is 2.13 bits per heavy atom. The van der Waals surface area contributed by atoms with Gasteiger partial charge in [-0.1, -0.05) is 11.6 Å². The Morgan fingerprint density at radius 1 is 1.40 bits per heavy atom. The smallest absolute Gasteiger partial charge is 0.0954 e. The molecule has 3 heteroatoms. The molecular formula is C12H12N2S. The van der Waals surface area contributed by atoms with Crippen LogP contribution in [0.4, 0.5) is 0 Å². The summed E-state index contributed by atoms with van der Waals surface area (Å²) in [7, 11) is 0. The van der Waals surface area contributed by atoms with Gasteiger partial charge in [0.2, 0.25) is 0 Å². The van der Waals surface area contributed by atoms with Gasteiger partial charge in [0.25, 0.3) is 0 Å². The summed E-state index contributed by atoms with van der Waals surface area (Å²) in [6.45, 7) is 5.87. The van der Waals surface area contributed by atoms with Crippen LogP contribution in [0, 0.1) is 18.3 Å². The monoisotopic (exact) mass is 216 g/mol. The molecule has 1 heterocycles. The summed E-state index contributed by atoms with van der Waals surface area (Å²) in [4.78, 5) is 0. The molecule has 1 aromatic heterocycles. The maximum Gasteiger partial charge on any atom is 0.0954 e. The van der Waals surface area contributed by atoms with E-state index in [-0.39, 0.29) is 0 Å². The number of benzene rings is 1. The van der Waals surface area contributed by atoms with Crippen LogP contribution in [0.3, 0.4) is 0 Å².